The molecule has 0 unspecified atom stereocenters. The molecule has 2 aromatic rings. The third-order valence-corrected chi connectivity index (χ3v) is 8.38. The van der Waals surface area contributed by atoms with Crippen LogP contribution >= 0.6 is 11.3 Å². The van der Waals surface area contributed by atoms with E-state index in [1.807, 2.05) is 11.2 Å². The van der Waals surface area contributed by atoms with Crippen LogP contribution in [0.15, 0.2) is 17.8 Å². The lowest BCUT2D eigenvalue weighted by Gasteiger charge is -2.34. The standard InChI is InChI=1S/C27H36N9O4S/c1-17(2)14-35(20-5-6-20)27-31-22(16-41-27)24(39)36(21(15-37)11-18-3-4-18)23(38)19-12-29-25(30-13-19)33-7-9-34(10-8-33)26(40)32-28/h12-13,16-18,20-21H,3-11,14,28H2,1-2H3,(H,32,40)/t21-/m0/s1. The minimum Gasteiger partial charge on any atom is -0.345 e. The normalized spacial score (nSPS) is 17.8. The quantitative estimate of drug-likeness (QED) is 0.173. The van der Waals surface area contributed by atoms with Crippen LogP contribution in [-0.2, 0) is 4.79 Å². The molecule has 1 saturated heterocycles. The molecular weight excluding hydrogens is 546 g/mol. The molecule has 3 N–H and O–H groups in total. The van der Waals surface area contributed by atoms with Crippen LogP contribution in [0.2, 0.25) is 0 Å². The number of hydrogen-bond donors (Lipinski definition) is 2. The average molecular weight is 583 g/mol. The summed E-state index contributed by atoms with van der Waals surface area (Å²) < 4.78 is 0. The first-order valence-electron chi connectivity index (χ1n) is 14.1. The highest BCUT2D eigenvalue weighted by Gasteiger charge is 2.38. The van der Waals surface area contributed by atoms with Crippen LogP contribution in [0.4, 0.5) is 15.9 Å². The number of piperazine rings is 1. The highest BCUT2D eigenvalue weighted by atomic mass is 32.1. The summed E-state index contributed by atoms with van der Waals surface area (Å²) in [5.41, 5.74) is 2.36. The fraction of sp³-hybridized carbons (Fsp3) is 0.593. The van der Waals surface area contributed by atoms with Gasteiger partial charge in [-0.2, -0.15) is 0 Å². The van der Waals surface area contributed by atoms with Crippen LogP contribution in [0, 0.1) is 11.8 Å². The zero-order chi connectivity index (χ0) is 29.1. The van der Waals surface area contributed by atoms with Gasteiger partial charge in [0.15, 0.2) is 5.13 Å². The third-order valence-electron chi connectivity index (χ3n) is 7.50. The Morgan fingerprint density at radius 3 is 2.34 bits per heavy atom. The van der Waals surface area contributed by atoms with E-state index in [1.165, 1.54) is 23.7 Å². The topological polar surface area (TPSA) is 158 Å². The molecule has 5 rings (SSSR count). The molecule has 0 aromatic carbocycles. The molecule has 0 spiro atoms. The van der Waals surface area contributed by atoms with Gasteiger partial charge in [-0.15, -0.1) is 11.3 Å². The first kappa shape index (κ1) is 28.9. The van der Waals surface area contributed by atoms with Crippen LogP contribution in [0.25, 0.3) is 0 Å². The summed E-state index contributed by atoms with van der Waals surface area (Å²) in [4.78, 5) is 71.4. The van der Waals surface area contributed by atoms with Crippen LogP contribution in [0.5, 0.6) is 0 Å². The van der Waals surface area contributed by atoms with Crippen molar-refractivity contribution < 1.29 is 19.2 Å². The number of aromatic nitrogens is 3. The molecule has 13 nitrogen and oxygen atoms in total. The van der Waals surface area contributed by atoms with Crippen molar-refractivity contribution in [2.24, 2.45) is 17.7 Å². The molecule has 1 atom stereocenters. The lowest BCUT2D eigenvalue weighted by atomic mass is 10.1. The van der Waals surface area contributed by atoms with Crippen molar-refractivity contribution in [2.75, 3.05) is 42.5 Å². The minimum absolute atomic E-state index is 0.0918. The Balaban J connectivity index is 1.34. The number of carbonyl (C=O) groups excluding carboxylic acids is 4. The number of hydrogen-bond acceptors (Lipinski definition) is 11. The van der Waals surface area contributed by atoms with Crippen molar-refractivity contribution >= 4 is 46.5 Å². The third kappa shape index (κ3) is 6.81. The molecule has 0 bridgehead atoms. The van der Waals surface area contributed by atoms with Crippen LogP contribution in [-0.4, -0.2) is 93.7 Å². The fourth-order valence-electron chi connectivity index (χ4n) is 4.97. The van der Waals surface area contributed by atoms with Gasteiger partial charge in [0, 0.05) is 56.5 Å². The number of nitrogens with one attached hydrogen (secondary N) is 1. The van der Waals surface area contributed by atoms with E-state index in [9.17, 15) is 19.2 Å². The fourth-order valence-corrected chi connectivity index (χ4v) is 5.85. The Bertz CT molecular complexity index is 1250. The van der Waals surface area contributed by atoms with Crippen LogP contribution in [0.1, 0.15) is 66.8 Å². The highest BCUT2D eigenvalue weighted by molar-refractivity contribution is 7.14. The number of thiazole rings is 1. The minimum atomic E-state index is -1.02. The second-order valence-corrected chi connectivity index (χ2v) is 12.1. The van der Waals surface area contributed by atoms with E-state index < -0.39 is 17.9 Å². The summed E-state index contributed by atoms with van der Waals surface area (Å²) in [6.45, 7) is 7.00. The summed E-state index contributed by atoms with van der Waals surface area (Å²) in [6.07, 6.45) is 9.16. The SMILES string of the molecule is CC(C)CN(c1nc(C(=O)N(C(=O)c2cnc(N3CCN(C(=O)NN)CC3)nc2)[C@H]([C]=O)CC2CC2)cs1)C1CC1. The number of anilines is 2. The second kappa shape index (κ2) is 12.5. The molecule has 3 aliphatic rings. The van der Waals surface area contributed by atoms with E-state index >= 15 is 0 Å². The van der Waals surface area contributed by atoms with Gasteiger partial charge < -0.3 is 14.7 Å². The monoisotopic (exact) mass is 582 g/mol. The van der Waals surface area contributed by atoms with Crippen molar-refractivity contribution in [1.29, 1.82) is 0 Å². The van der Waals surface area contributed by atoms with E-state index in [1.54, 1.807) is 10.3 Å². The number of nitrogens with zero attached hydrogens (tertiary/aromatic N) is 7. The van der Waals surface area contributed by atoms with Gasteiger partial charge in [-0.3, -0.25) is 24.7 Å². The maximum atomic E-state index is 13.8. The predicted molar refractivity (Wildman–Crippen MR) is 153 cm³/mol. The summed E-state index contributed by atoms with van der Waals surface area (Å²) in [5.74, 6) is 5.05. The molecule has 4 amide bonds. The molecule has 2 saturated carbocycles. The van der Waals surface area contributed by atoms with Gasteiger partial charge in [-0.1, -0.05) is 26.7 Å². The first-order chi connectivity index (χ1) is 19.8. The van der Waals surface area contributed by atoms with E-state index in [0.29, 0.717) is 50.5 Å². The zero-order valence-corrected chi connectivity index (χ0v) is 24.2. The number of imide groups is 1. The molecule has 1 aliphatic heterocycles. The Kier molecular flexibility index (Phi) is 8.78. The molecule has 3 fully saturated rings. The van der Waals surface area contributed by atoms with Gasteiger partial charge in [-0.25, -0.2) is 25.6 Å². The number of nitrogens with two attached hydrogens (primary N) is 1. The van der Waals surface area contributed by atoms with Crippen LogP contribution in [0.3, 0.4) is 0 Å². The molecule has 2 aliphatic carbocycles. The summed E-state index contributed by atoms with van der Waals surface area (Å²) in [7, 11) is 0. The summed E-state index contributed by atoms with van der Waals surface area (Å²) in [5, 5.41) is 2.42. The van der Waals surface area contributed by atoms with Gasteiger partial charge in [0.2, 0.25) is 12.2 Å². The van der Waals surface area contributed by atoms with E-state index in [-0.39, 0.29) is 23.2 Å². The van der Waals surface area contributed by atoms with Gasteiger partial charge in [0.1, 0.15) is 11.7 Å². The smallest absolute Gasteiger partial charge is 0.331 e. The largest absolute Gasteiger partial charge is 0.345 e. The number of rotatable bonds is 11. The Morgan fingerprint density at radius 2 is 1.78 bits per heavy atom. The lowest BCUT2D eigenvalue weighted by molar-refractivity contribution is 0.0572. The van der Waals surface area contributed by atoms with Gasteiger partial charge in [0.05, 0.1) is 5.56 Å². The van der Waals surface area contributed by atoms with Gasteiger partial charge in [0.25, 0.3) is 11.8 Å². The Labute approximate surface area is 243 Å². The Hall–Kier alpha value is -3.65. The maximum Gasteiger partial charge on any atom is 0.331 e. The van der Waals surface area contributed by atoms with Crippen molar-refractivity contribution in [3.8, 4) is 0 Å². The molecule has 14 heteroatoms. The van der Waals surface area contributed by atoms with Crippen LogP contribution < -0.4 is 21.1 Å². The van der Waals surface area contributed by atoms with Gasteiger partial charge >= 0.3 is 6.03 Å². The van der Waals surface area contributed by atoms with Crippen molar-refractivity contribution in [3.05, 3.63) is 29.0 Å². The molecule has 41 heavy (non-hydrogen) atoms. The lowest BCUT2D eigenvalue weighted by Crippen LogP contribution is -2.53. The summed E-state index contributed by atoms with van der Waals surface area (Å²) >= 11 is 1.38. The molecule has 219 valence electrons. The van der Waals surface area contributed by atoms with E-state index in [4.69, 9.17) is 5.84 Å². The highest BCUT2D eigenvalue weighted by Crippen LogP contribution is 2.36. The Morgan fingerprint density at radius 1 is 1.10 bits per heavy atom. The number of amides is 4. The molecule has 1 radical (unpaired) electrons. The van der Waals surface area contributed by atoms with E-state index in [0.717, 1.165) is 42.3 Å². The van der Waals surface area contributed by atoms with Crippen molar-refractivity contribution in [2.45, 2.75) is 58.0 Å². The molecule has 2 aromatic heterocycles. The van der Waals surface area contributed by atoms with E-state index in [2.05, 4.69) is 39.1 Å². The van der Waals surface area contributed by atoms with Crippen molar-refractivity contribution in [1.82, 2.24) is 30.2 Å². The molecular formula is C27H36N9O4S. The number of hydrazine groups is 1. The second-order valence-electron chi connectivity index (χ2n) is 11.3. The maximum absolute atomic E-state index is 13.8. The number of urea groups is 1. The number of carbonyl (C=O) groups is 3. The summed E-state index contributed by atoms with van der Waals surface area (Å²) in [6, 6.07) is -0.952. The average Bonchev–Trinajstić information content (AvgIpc) is 3.93. The molecule has 3 heterocycles. The zero-order valence-electron chi connectivity index (χ0n) is 23.4. The van der Waals surface area contributed by atoms with Gasteiger partial charge in [-0.05, 0) is 31.1 Å². The van der Waals surface area contributed by atoms with Crippen molar-refractivity contribution in [3.63, 3.8) is 0 Å². The first-order valence-corrected chi connectivity index (χ1v) is 15.0. The predicted octanol–water partition coefficient (Wildman–Crippen LogP) is 1.82.